The first-order valence-electron chi connectivity index (χ1n) is 4.28. The number of nitriles is 1. The van der Waals surface area contributed by atoms with Crippen LogP contribution < -0.4 is 0 Å². The third-order valence-corrected chi connectivity index (χ3v) is 2.31. The Morgan fingerprint density at radius 3 is 2.56 bits per heavy atom. The summed E-state index contributed by atoms with van der Waals surface area (Å²) in [4.78, 5) is 0. The predicted octanol–water partition coefficient (Wildman–Crippen LogP) is 3.31. The quantitative estimate of drug-likeness (QED) is 0.874. The van der Waals surface area contributed by atoms with Gasteiger partial charge in [-0.15, -0.1) is 0 Å². The predicted molar refractivity (Wildman–Crippen MR) is 51.6 cm³/mol. The van der Waals surface area contributed by atoms with Crippen molar-refractivity contribution in [2.24, 2.45) is 0 Å². The second kappa shape index (κ2) is 4.73. The minimum atomic E-state index is -4.60. The van der Waals surface area contributed by atoms with Gasteiger partial charge in [-0.1, -0.05) is 17.7 Å². The molecular weight excluding hydrogens is 243 g/mol. The van der Waals surface area contributed by atoms with Crippen molar-refractivity contribution in [3.05, 3.63) is 34.3 Å². The zero-order chi connectivity index (χ0) is 12.3. The van der Waals surface area contributed by atoms with Gasteiger partial charge in [-0.2, -0.15) is 18.4 Å². The van der Waals surface area contributed by atoms with Gasteiger partial charge in [-0.3, -0.25) is 0 Å². The topological polar surface area (TPSA) is 44.0 Å². The molecule has 1 N–H and O–H groups in total. The van der Waals surface area contributed by atoms with E-state index in [4.69, 9.17) is 16.9 Å². The molecule has 0 aromatic heterocycles. The van der Waals surface area contributed by atoms with E-state index in [9.17, 15) is 18.3 Å². The summed E-state index contributed by atoms with van der Waals surface area (Å²) in [5, 5.41) is 17.6. The van der Waals surface area contributed by atoms with Crippen LogP contribution in [0.3, 0.4) is 0 Å². The lowest BCUT2D eigenvalue weighted by Gasteiger charge is -2.17. The van der Waals surface area contributed by atoms with Crippen LogP contribution in [0.5, 0.6) is 0 Å². The van der Waals surface area contributed by atoms with Crippen molar-refractivity contribution < 1.29 is 18.3 Å². The van der Waals surface area contributed by atoms with Gasteiger partial charge in [-0.05, 0) is 12.1 Å². The molecule has 16 heavy (non-hydrogen) atoms. The first-order chi connectivity index (χ1) is 7.38. The molecule has 0 spiro atoms. The summed E-state index contributed by atoms with van der Waals surface area (Å²) in [5.41, 5.74) is -1.46. The summed E-state index contributed by atoms with van der Waals surface area (Å²) in [5.74, 6) is 0. The first kappa shape index (κ1) is 12.8. The van der Waals surface area contributed by atoms with Gasteiger partial charge in [0.15, 0.2) is 0 Å². The smallest absolute Gasteiger partial charge is 0.387 e. The summed E-state index contributed by atoms with van der Waals surface area (Å²) >= 11 is 5.60. The maximum Gasteiger partial charge on any atom is 0.416 e. The van der Waals surface area contributed by atoms with E-state index in [1.54, 1.807) is 6.07 Å². The zero-order valence-electron chi connectivity index (χ0n) is 7.92. The molecule has 0 aliphatic rings. The molecule has 0 saturated heterocycles. The van der Waals surface area contributed by atoms with Crippen molar-refractivity contribution in [3.8, 4) is 6.07 Å². The second-order valence-corrected chi connectivity index (χ2v) is 3.48. The lowest BCUT2D eigenvalue weighted by atomic mass is 10.00. The van der Waals surface area contributed by atoms with E-state index in [2.05, 4.69) is 0 Å². The Morgan fingerprint density at radius 1 is 1.44 bits per heavy atom. The number of hydrogen-bond donors (Lipinski definition) is 1. The van der Waals surface area contributed by atoms with E-state index in [0.717, 1.165) is 12.1 Å². The molecule has 0 fully saturated rings. The molecular formula is C10H7ClF3NO. The van der Waals surface area contributed by atoms with Gasteiger partial charge >= 0.3 is 6.18 Å². The second-order valence-electron chi connectivity index (χ2n) is 3.08. The van der Waals surface area contributed by atoms with Crippen LogP contribution in [0.4, 0.5) is 13.2 Å². The van der Waals surface area contributed by atoms with E-state index in [1.807, 2.05) is 0 Å². The van der Waals surface area contributed by atoms with E-state index < -0.39 is 29.8 Å². The Morgan fingerprint density at radius 2 is 2.06 bits per heavy atom. The molecule has 0 aliphatic heterocycles. The molecule has 1 aromatic carbocycles. The Bertz CT molecular complexity index is 425. The van der Waals surface area contributed by atoms with Crippen LogP contribution in [0.15, 0.2) is 18.2 Å². The summed E-state index contributed by atoms with van der Waals surface area (Å²) in [6.07, 6.45) is -6.57. The van der Waals surface area contributed by atoms with Crippen molar-refractivity contribution in [3.63, 3.8) is 0 Å². The Labute approximate surface area is 94.9 Å². The number of rotatable bonds is 2. The van der Waals surface area contributed by atoms with Crippen molar-refractivity contribution in [1.29, 1.82) is 5.26 Å². The van der Waals surface area contributed by atoms with Crippen LogP contribution in [0, 0.1) is 11.3 Å². The highest BCUT2D eigenvalue weighted by Gasteiger charge is 2.35. The molecule has 1 rings (SSSR count). The molecule has 86 valence electrons. The van der Waals surface area contributed by atoms with Crippen molar-refractivity contribution >= 4 is 11.6 Å². The fraction of sp³-hybridized carbons (Fsp3) is 0.300. The highest BCUT2D eigenvalue weighted by Crippen LogP contribution is 2.38. The average Bonchev–Trinajstić information content (AvgIpc) is 2.16. The number of benzene rings is 1. The van der Waals surface area contributed by atoms with Crippen molar-refractivity contribution in [2.45, 2.75) is 18.7 Å². The molecule has 2 nitrogen and oxygen atoms in total. The number of nitrogens with zero attached hydrogens (tertiary/aromatic N) is 1. The Kier molecular flexibility index (Phi) is 3.79. The summed E-state index contributed by atoms with van der Waals surface area (Å²) in [6, 6.07) is 4.81. The maximum atomic E-state index is 12.6. The van der Waals surface area contributed by atoms with Crippen LogP contribution in [0.2, 0.25) is 5.02 Å². The number of hydrogen-bond acceptors (Lipinski definition) is 2. The van der Waals surface area contributed by atoms with E-state index in [-0.39, 0.29) is 5.02 Å². The van der Waals surface area contributed by atoms with Gasteiger partial charge in [0, 0.05) is 10.6 Å². The highest BCUT2D eigenvalue weighted by atomic mass is 35.5. The highest BCUT2D eigenvalue weighted by molar-refractivity contribution is 6.31. The van der Waals surface area contributed by atoms with E-state index >= 15 is 0 Å². The molecule has 0 heterocycles. The molecule has 0 saturated carbocycles. The van der Waals surface area contributed by atoms with Crippen LogP contribution in [0.1, 0.15) is 23.7 Å². The molecule has 6 heteroatoms. The van der Waals surface area contributed by atoms with Gasteiger partial charge in [0.05, 0.1) is 24.2 Å². The van der Waals surface area contributed by atoms with Crippen LogP contribution in [-0.4, -0.2) is 5.11 Å². The van der Waals surface area contributed by atoms with Crippen molar-refractivity contribution in [1.82, 2.24) is 0 Å². The third kappa shape index (κ3) is 2.65. The molecule has 0 bridgehead atoms. The minimum Gasteiger partial charge on any atom is -0.387 e. The summed E-state index contributed by atoms with van der Waals surface area (Å²) < 4.78 is 37.7. The van der Waals surface area contributed by atoms with Crippen molar-refractivity contribution in [2.75, 3.05) is 0 Å². The Hall–Kier alpha value is -1.25. The van der Waals surface area contributed by atoms with E-state index in [1.165, 1.54) is 6.07 Å². The maximum absolute atomic E-state index is 12.6. The van der Waals surface area contributed by atoms with Gasteiger partial charge in [-0.25, -0.2) is 0 Å². The monoisotopic (exact) mass is 249 g/mol. The molecule has 0 amide bonds. The zero-order valence-corrected chi connectivity index (χ0v) is 8.68. The first-order valence-corrected chi connectivity index (χ1v) is 4.66. The van der Waals surface area contributed by atoms with Gasteiger partial charge < -0.3 is 5.11 Å². The molecule has 1 atom stereocenters. The SMILES string of the molecule is N#CCC(O)c1c(Cl)cccc1C(F)(F)F. The number of alkyl halides is 3. The molecule has 0 radical (unpaired) electrons. The Balaban J connectivity index is 3.30. The average molecular weight is 250 g/mol. The largest absolute Gasteiger partial charge is 0.416 e. The summed E-state index contributed by atoms with van der Waals surface area (Å²) in [6.45, 7) is 0. The third-order valence-electron chi connectivity index (χ3n) is 1.98. The van der Waals surface area contributed by atoms with Crippen LogP contribution in [-0.2, 0) is 6.18 Å². The lowest BCUT2D eigenvalue weighted by Crippen LogP contribution is -2.12. The molecule has 1 aromatic rings. The number of aliphatic hydroxyl groups is 1. The summed E-state index contributed by atoms with van der Waals surface area (Å²) in [7, 11) is 0. The van der Waals surface area contributed by atoms with Crippen LogP contribution >= 0.6 is 11.6 Å². The molecule has 0 aliphatic carbocycles. The van der Waals surface area contributed by atoms with Crippen LogP contribution in [0.25, 0.3) is 0 Å². The van der Waals surface area contributed by atoms with Gasteiger partial charge in [0.1, 0.15) is 0 Å². The fourth-order valence-corrected chi connectivity index (χ4v) is 1.61. The normalized spacial score (nSPS) is 13.2. The number of aliphatic hydroxyl groups excluding tert-OH is 1. The minimum absolute atomic E-state index is 0.197. The van der Waals surface area contributed by atoms with E-state index in [0.29, 0.717) is 0 Å². The van der Waals surface area contributed by atoms with Gasteiger partial charge in [0.2, 0.25) is 0 Å². The standard InChI is InChI=1S/C10H7ClF3NO/c11-7-3-1-2-6(10(12,13)14)9(7)8(16)4-5-15/h1-3,8,16H,4H2. The fourth-order valence-electron chi connectivity index (χ4n) is 1.31. The van der Waals surface area contributed by atoms with Gasteiger partial charge in [0.25, 0.3) is 0 Å². The number of halogens is 4. The lowest BCUT2D eigenvalue weighted by molar-refractivity contribution is -0.139. The molecule has 1 unspecified atom stereocenters.